The van der Waals surface area contributed by atoms with E-state index in [1.54, 1.807) is 24.4 Å². The highest BCUT2D eigenvalue weighted by atomic mass is 19.4. The number of aryl methyl sites for hydroxylation is 1. The zero-order valence-corrected chi connectivity index (χ0v) is 12.8. The summed E-state index contributed by atoms with van der Waals surface area (Å²) in [6.07, 6.45) is -4.28. The van der Waals surface area contributed by atoms with Gasteiger partial charge in [0.25, 0.3) is 5.91 Å². The van der Waals surface area contributed by atoms with E-state index in [2.05, 4.69) is 5.10 Å². The number of carboxylic acid groups (broad SMARTS) is 1. The van der Waals surface area contributed by atoms with E-state index >= 15 is 0 Å². The summed E-state index contributed by atoms with van der Waals surface area (Å²) in [4.78, 5) is 22.8. The number of aliphatic carboxylic acids is 1. The molecular formula is C15H13F4N3O3. The van der Waals surface area contributed by atoms with Gasteiger partial charge in [0.05, 0.1) is 17.4 Å². The van der Waals surface area contributed by atoms with Gasteiger partial charge in [0.15, 0.2) is 11.7 Å². The zero-order valence-electron chi connectivity index (χ0n) is 12.8. The van der Waals surface area contributed by atoms with E-state index in [1.807, 2.05) is 0 Å². The molecule has 1 unspecified atom stereocenters. The number of aromatic nitrogens is 2. The minimum absolute atomic E-state index is 0.106. The Balaban J connectivity index is 2.52. The van der Waals surface area contributed by atoms with Crippen LogP contribution in [0.25, 0.3) is 5.69 Å². The van der Waals surface area contributed by atoms with Crippen LogP contribution in [0.3, 0.4) is 0 Å². The van der Waals surface area contributed by atoms with Crippen LogP contribution in [0.15, 0.2) is 30.5 Å². The van der Waals surface area contributed by atoms with Crippen LogP contribution in [0, 0.1) is 6.92 Å². The SMILES string of the molecule is Cc1ccccc1-n1ncc(C(=O)NC(CF)C(=O)O)c1C(F)(F)F. The van der Waals surface area contributed by atoms with E-state index in [9.17, 15) is 27.2 Å². The van der Waals surface area contributed by atoms with Crippen LogP contribution >= 0.6 is 0 Å². The second-order valence-corrected chi connectivity index (χ2v) is 5.12. The Bertz CT molecular complexity index is 802. The maximum atomic E-state index is 13.5. The van der Waals surface area contributed by atoms with Crippen molar-refractivity contribution < 1.29 is 32.3 Å². The third-order valence-electron chi connectivity index (χ3n) is 3.38. The lowest BCUT2D eigenvalue weighted by Crippen LogP contribution is -2.42. The molecule has 1 amide bonds. The molecular weight excluding hydrogens is 346 g/mol. The molecule has 0 aliphatic carbocycles. The molecule has 2 aromatic rings. The van der Waals surface area contributed by atoms with Crippen molar-refractivity contribution in [1.29, 1.82) is 0 Å². The number of hydrogen-bond acceptors (Lipinski definition) is 3. The summed E-state index contributed by atoms with van der Waals surface area (Å²) in [5.41, 5.74) is -1.68. The van der Waals surface area contributed by atoms with Crippen LogP contribution in [0.4, 0.5) is 17.6 Å². The Kier molecular flexibility index (Phi) is 5.10. The number of carbonyl (C=O) groups excluding carboxylic acids is 1. The molecule has 0 radical (unpaired) electrons. The molecule has 10 heteroatoms. The lowest BCUT2D eigenvalue weighted by atomic mass is 10.1. The molecule has 1 atom stereocenters. The molecule has 6 nitrogen and oxygen atoms in total. The van der Waals surface area contributed by atoms with Crippen molar-refractivity contribution in [2.75, 3.05) is 6.67 Å². The van der Waals surface area contributed by atoms with E-state index < -0.39 is 42.0 Å². The van der Waals surface area contributed by atoms with Crippen LogP contribution in [-0.4, -0.2) is 39.5 Å². The first-order chi connectivity index (χ1) is 11.7. The Morgan fingerprint density at radius 2 is 1.96 bits per heavy atom. The molecule has 0 spiro atoms. The summed E-state index contributed by atoms with van der Waals surface area (Å²) in [5, 5.41) is 14.0. The molecule has 0 bridgehead atoms. The highest BCUT2D eigenvalue weighted by molar-refractivity contribution is 5.97. The van der Waals surface area contributed by atoms with Gasteiger partial charge in [-0.1, -0.05) is 18.2 Å². The minimum Gasteiger partial charge on any atom is -0.480 e. The van der Waals surface area contributed by atoms with Crippen LogP contribution in [-0.2, 0) is 11.0 Å². The fourth-order valence-electron chi connectivity index (χ4n) is 2.17. The van der Waals surface area contributed by atoms with Crippen molar-refractivity contribution in [3.8, 4) is 5.69 Å². The monoisotopic (exact) mass is 359 g/mol. The van der Waals surface area contributed by atoms with Crippen LogP contribution in [0.1, 0.15) is 21.6 Å². The van der Waals surface area contributed by atoms with E-state index in [0.29, 0.717) is 16.4 Å². The molecule has 0 aliphatic rings. The standard InChI is InChI=1S/C15H13F4N3O3/c1-8-4-2-3-5-11(8)22-12(15(17,18)19)9(7-20-22)13(23)21-10(6-16)14(24)25/h2-5,7,10H,6H2,1H3,(H,21,23)(H,24,25). The summed E-state index contributed by atoms with van der Waals surface area (Å²) in [6, 6.07) is 4.15. The van der Waals surface area contributed by atoms with Gasteiger partial charge in [0, 0.05) is 0 Å². The van der Waals surface area contributed by atoms with Gasteiger partial charge in [0.1, 0.15) is 6.67 Å². The van der Waals surface area contributed by atoms with Gasteiger partial charge in [-0.25, -0.2) is 13.9 Å². The average Bonchev–Trinajstić information content (AvgIpc) is 2.97. The molecule has 0 saturated heterocycles. The van der Waals surface area contributed by atoms with E-state index in [-0.39, 0.29) is 5.69 Å². The number of nitrogens with one attached hydrogen (secondary N) is 1. The molecule has 0 fully saturated rings. The molecule has 0 saturated carbocycles. The molecule has 1 heterocycles. The fraction of sp³-hybridized carbons (Fsp3) is 0.267. The molecule has 1 aromatic carbocycles. The quantitative estimate of drug-likeness (QED) is 0.803. The smallest absolute Gasteiger partial charge is 0.434 e. The number of alkyl halides is 4. The molecule has 2 rings (SSSR count). The number of carbonyl (C=O) groups is 2. The highest BCUT2D eigenvalue weighted by Gasteiger charge is 2.41. The van der Waals surface area contributed by atoms with Crippen LogP contribution in [0.2, 0.25) is 0 Å². The van der Waals surface area contributed by atoms with Crippen molar-refractivity contribution in [1.82, 2.24) is 15.1 Å². The number of carboxylic acids is 1. The maximum absolute atomic E-state index is 13.5. The van der Waals surface area contributed by atoms with Crippen molar-refractivity contribution in [3.63, 3.8) is 0 Å². The van der Waals surface area contributed by atoms with Crippen LogP contribution in [0.5, 0.6) is 0 Å². The number of rotatable bonds is 5. The number of para-hydroxylation sites is 1. The second kappa shape index (κ2) is 6.91. The van der Waals surface area contributed by atoms with Crippen molar-refractivity contribution in [3.05, 3.63) is 47.3 Å². The van der Waals surface area contributed by atoms with E-state index in [4.69, 9.17) is 5.11 Å². The lowest BCUT2D eigenvalue weighted by Gasteiger charge is -2.15. The zero-order chi connectivity index (χ0) is 18.8. The number of amides is 1. The van der Waals surface area contributed by atoms with Gasteiger partial charge in [-0.2, -0.15) is 18.3 Å². The Hall–Kier alpha value is -2.91. The molecule has 134 valence electrons. The lowest BCUT2D eigenvalue weighted by molar-refractivity contribution is -0.143. The minimum atomic E-state index is -4.94. The van der Waals surface area contributed by atoms with Gasteiger partial charge in [-0.05, 0) is 18.6 Å². The summed E-state index contributed by atoms with van der Waals surface area (Å²) >= 11 is 0. The normalized spacial score (nSPS) is 12.7. The number of hydrogen-bond donors (Lipinski definition) is 2. The summed E-state index contributed by atoms with van der Waals surface area (Å²) < 4.78 is 53.6. The Morgan fingerprint density at radius 1 is 1.32 bits per heavy atom. The van der Waals surface area contributed by atoms with Gasteiger partial charge < -0.3 is 10.4 Å². The summed E-state index contributed by atoms with van der Waals surface area (Å²) in [6.45, 7) is 0.106. The van der Waals surface area contributed by atoms with Gasteiger partial charge in [0.2, 0.25) is 0 Å². The summed E-state index contributed by atoms with van der Waals surface area (Å²) in [5.74, 6) is -3.08. The number of nitrogens with zero attached hydrogens (tertiary/aromatic N) is 2. The maximum Gasteiger partial charge on any atom is 0.434 e. The predicted octanol–water partition coefficient (Wildman–Crippen LogP) is 2.35. The van der Waals surface area contributed by atoms with Crippen molar-refractivity contribution in [2.45, 2.75) is 19.1 Å². The first-order valence-electron chi connectivity index (χ1n) is 6.97. The van der Waals surface area contributed by atoms with Gasteiger partial charge in [-0.15, -0.1) is 0 Å². The predicted molar refractivity (Wildman–Crippen MR) is 78.2 cm³/mol. The van der Waals surface area contributed by atoms with Gasteiger partial charge >= 0.3 is 12.1 Å². The molecule has 2 N–H and O–H groups in total. The fourth-order valence-corrected chi connectivity index (χ4v) is 2.17. The van der Waals surface area contributed by atoms with E-state index in [0.717, 1.165) is 0 Å². The number of halogens is 4. The molecule has 0 aliphatic heterocycles. The summed E-state index contributed by atoms with van der Waals surface area (Å²) in [7, 11) is 0. The Labute approximate surface area is 139 Å². The van der Waals surface area contributed by atoms with Crippen molar-refractivity contribution >= 4 is 11.9 Å². The topological polar surface area (TPSA) is 84.2 Å². The first kappa shape index (κ1) is 18.4. The van der Waals surface area contributed by atoms with Gasteiger partial charge in [-0.3, -0.25) is 4.79 Å². The third kappa shape index (κ3) is 3.78. The van der Waals surface area contributed by atoms with E-state index in [1.165, 1.54) is 12.1 Å². The third-order valence-corrected chi connectivity index (χ3v) is 3.38. The highest BCUT2D eigenvalue weighted by Crippen LogP contribution is 2.34. The van der Waals surface area contributed by atoms with Crippen LogP contribution < -0.4 is 5.32 Å². The molecule has 1 aromatic heterocycles. The number of benzene rings is 1. The second-order valence-electron chi connectivity index (χ2n) is 5.12. The first-order valence-corrected chi connectivity index (χ1v) is 6.97. The molecule has 25 heavy (non-hydrogen) atoms. The largest absolute Gasteiger partial charge is 0.480 e. The average molecular weight is 359 g/mol. The Morgan fingerprint density at radius 3 is 2.48 bits per heavy atom. The van der Waals surface area contributed by atoms with Crippen molar-refractivity contribution in [2.24, 2.45) is 0 Å².